The van der Waals surface area contributed by atoms with E-state index in [1.807, 2.05) is 4.72 Å². The van der Waals surface area contributed by atoms with Crippen LogP contribution in [-0.2, 0) is 19.6 Å². The predicted molar refractivity (Wildman–Crippen MR) is 86.9 cm³/mol. The molecule has 0 heterocycles. The first-order valence-corrected chi connectivity index (χ1v) is 8.82. The van der Waals surface area contributed by atoms with Gasteiger partial charge in [-0.05, 0) is 18.4 Å². The van der Waals surface area contributed by atoms with Gasteiger partial charge in [0.15, 0.2) is 0 Å². The monoisotopic (exact) mass is 380 g/mol. The molecule has 7 nitrogen and oxygen atoms in total. The highest BCUT2D eigenvalue weighted by atomic mass is 35.5. The summed E-state index contributed by atoms with van der Waals surface area (Å²) >= 11 is 5.84. The number of carboxylic acid groups (broad SMARTS) is 1. The minimum Gasteiger partial charge on any atom is -0.480 e. The first-order chi connectivity index (χ1) is 10.9. The van der Waals surface area contributed by atoms with Crippen LogP contribution in [0.3, 0.4) is 0 Å². The van der Waals surface area contributed by atoms with E-state index in [2.05, 4.69) is 5.32 Å². The van der Waals surface area contributed by atoms with Crippen molar-refractivity contribution < 1.29 is 27.5 Å². The number of halogens is 2. The molecule has 0 aliphatic heterocycles. The molecule has 0 saturated heterocycles. The summed E-state index contributed by atoms with van der Waals surface area (Å²) in [6, 6.07) is 0.179. The molecule has 1 amide bonds. The second-order valence-corrected chi connectivity index (χ2v) is 7.67. The van der Waals surface area contributed by atoms with Crippen molar-refractivity contribution in [3.63, 3.8) is 0 Å². The maximum atomic E-state index is 14.1. The quantitative estimate of drug-likeness (QED) is 0.671. The van der Waals surface area contributed by atoms with E-state index in [-0.39, 0.29) is 23.0 Å². The summed E-state index contributed by atoms with van der Waals surface area (Å²) < 4.78 is 40.6. The van der Waals surface area contributed by atoms with E-state index >= 15 is 0 Å². The highest BCUT2D eigenvalue weighted by Gasteiger charge is 2.29. The van der Waals surface area contributed by atoms with Crippen LogP contribution in [-0.4, -0.2) is 31.4 Å². The first kappa shape index (κ1) is 20.3. The molecule has 1 aromatic rings. The topological polar surface area (TPSA) is 113 Å². The van der Waals surface area contributed by atoms with Gasteiger partial charge >= 0.3 is 5.97 Å². The van der Waals surface area contributed by atoms with E-state index in [0.29, 0.717) is 0 Å². The average molecular weight is 381 g/mol. The van der Waals surface area contributed by atoms with Gasteiger partial charge in [0, 0.05) is 13.0 Å². The van der Waals surface area contributed by atoms with Crippen LogP contribution in [0.15, 0.2) is 17.0 Å². The van der Waals surface area contributed by atoms with Gasteiger partial charge in [0.2, 0.25) is 15.9 Å². The SMILES string of the molecule is CC(=O)Nc1cc(F)c(S(=O)(=O)NC(CC(C)C)C(=O)O)cc1Cl. The molecule has 0 fully saturated rings. The predicted octanol–water partition coefficient (Wildman–Crippen LogP) is 2.22. The number of hydrogen-bond donors (Lipinski definition) is 3. The Kier molecular flexibility index (Phi) is 6.70. The standard InChI is InChI=1S/C14H18ClFN2O5S/c1-7(2)4-12(14(20)21)18-24(22,23)13-5-9(15)11(6-10(13)16)17-8(3)19/h5-7,12,18H,4H2,1-3H3,(H,17,19)(H,20,21). The van der Waals surface area contributed by atoms with E-state index in [9.17, 15) is 22.4 Å². The van der Waals surface area contributed by atoms with Gasteiger partial charge in [-0.2, -0.15) is 4.72 Å². The molecule has 1 atom stereocenters. The Morgan fingerprint density at radius 1 is 1.33 bits per heavy atom. The van der Waals surface area contributed by atoms with Gasteiger partial charge in [-0.15, -0.1) is 0 Å². The number of anilines is 1. The van der Waals surface area contributed by atoms with Crippen molar-refractivity contribution in [2.45, 2.75) is 38.1 Å². The zero-order valence-corrected chi connectivity index (χ0v) is 14.8. The minimum atomic E-state index is -4.45. The van der Waals surface area contributed by atoms with E-state index in [4.69, 9.17) is 16.7 Å². The maximum absolute atomic E-state index is 14.1. The molecule has 0 aliphatic carbocycles. The van der Waals surface area contributed by atoms with Crippen LogP contribution in [0.5, 0.6) is 0 Å². The van der Waals surface area contributed by atoms with Crippen LogP contribution >= 0.6 is 11.6 Å². The summed E-state index contributed by atoms with van der Waals surface area (Å²) in [5.74, 6) is -3.13. The number of rotatable bonds is 7. The highest BCUT2D eigenvalue weighted by molar-refractivity contribution is 7.89. The molecule has 0 aliphatic rings. The van der Waals surface area contributed by atoms with Gasteiger partial charge in [0.05, 0.1) is 10.7 Å². The van der Waals surface area contributed by atoms with Gasteiger partial charge < -0.3 is 10.4 Å². The molecule has 10 heteroatoms. The largest absolute Gasteiger partial charge is 0.480 e. The summed E-state index contributed by atoms with van der Waals surface area (Å²) in [7, 11) is -4.45. The first-order valence-electron chi connectivity index (χ1n) is 6.95. The number of aliphatic carboxylic acids is 1. The molecule has 0 radical (unpaired) electrons. The van der Waals surface area contributed by atoms with E-state index in [1.165, 1.54) is 6.92 Å². The Morgan fingerprint density at radius 2 is 1.92 bits per heavy atom. The summed E-state index contributed by atoms with van der Waals surface area (Å²) in [4.78, 5) is 21.4. The molecule has 0 bridgehead atoms. The Bertz CT molecular complexity index is 752. The molecule has 0 spiro atoms. The van der Waals surface area contributed by atoms with Gasteiger partial charge in [-0.25, -0.2) is 12.8 Å². The lowest BCUT2D eigenvalue weighted by molar-refractivity contribution is -0.139. The van der Waals surface area contributed by atoms with Crippen LogP contribution in [0, 0.1) is 11.7 Å². The fourth-order valence-corrected chi connectivity index (χ4v) is 3.50. The van der Waals surface area contributed by atoms with Crippen molar-refractivity contribution in [2.24, 2.45) is 5.92 Å². The smallest absolute Gasteiger partial charge is 0.321 e. The molecule has 0 saturated carbocycles. The van der Waals surface area contributed by atoms with Crippen molar-refractivity contribution in [1.82, 2.24) is 4.72 Å². The molecule has 3 N–H and O–H groups in total. The molecular formula is C14H18ClFN2O5S. The van der Waals surface area contributed by atoms with E-state index in [1.54, 1.807) is 13.8 Å². The van der Waals surface area contributed by atoms with Crippen molar-refractivity contribution in [3.8, 4) is 0 Å². The third-order valence-electron chi connectivity index (χ3n) is 2.92. The van der Waals surface area contributed by atoms with Crippen molar-refractivity contribution in [1.29, 1.82) is 0 Å². The van der Waals surface area contributed by atoms with E-state index in [0.717, 1.165) is 12.1 Å². The van der Waals surface area contributed by atoms with Crippen LogP contribution < -0.4 is 10.0 Å². The summed E-state index contributed by atoms with van der Waals surface area (Å²) in [5.41, 5.74) is -0.0856. The van der Waals surface area contributed by atoms with Crippen molar-refractivity contribution in [3.05, 3.63) is 23.0 Å². The number of carbonyl (C=O) groups is 2. The molecular weight excluding hydrogens is 363 g/mol. The highest BCUT2D eigenvalue weighted by Crippen LogP contribution is 2.28. The summed E-state index contributed by atoms with van der Waals surface area (Å²) in [6.45, 7) is 4.64. The Morgan fingerprint density at radius 3 is 2.38 bits per heavy atom. The van der Waals surface area contributed by atoms with Crippen LogP contribution in [0.25, 0.3) is 0 Å². The number of amides is 1. The molecule has 1 unspecified atom stereocenters. The fraction of sp³-hybridized carbons (Fsp3) is 0.429. The number of hydrogen-bond acceptors (Lipinski definition) is 4. The normalized spacial score (nSPS) is 12.9. The third kappa shape index (κ3) is 5.43. The molecule has 1 rings (SSSR count). The Balaban J connectivity index is 3.20. The molecule has 24 heavy (non-hydrogen) atoms. The Hall–Kier alpha value is -1.71. The second kappa shape index (κ2) is 7.91. The summed E-state index contributed by atoms with van der Waals surface area (Å²) in [5, 5.41) is 11.2. The number of carboxylic acids is 1. The van der Waals surface area contributed by atoms with Crippen LogP contribution in [0.4, 0.5) is 10.1 Å². The van der Waals surface area contributed by atoms with Crippen LogP contribution in [0.2, 0.25) is 5.02 Å². The average Bonchev–Trinajstić information content (AvgIpc) is 2.40. The van der Waals surface area contributed by atoms with Gasteiger partial charge in [-0.1, -0.05) is 25.4 Å². The molecule has 0 aromatic heterocycles. The zero-order valence-electron chi connectivity index (χ0n) is 13.3. The minimum absolute atomic E-state index is 0.0356. The van der Waals surface area contributed by atoms with E-state index < -0.39 is 38.7 Å². The Labute approximate surface area is 144 Å². The molecule has 134 valence electrons. The zero-order chi connectivity index (χ0) is 18.7. The fourth-order valence-electron chi connectivity index (χ4n) is 1.94. The second-order valence-electron chi connectivity index (χ2n) is 5.59. The maximum Gasteiger partial charge on any atom is 0.321 e. The lowest BCUT2D eigenvalue weighted by Gasteiger charge is -2.17. The third-order valence-corrected chi connectivity index (χ3v) is 4.72. The van der Waals surface area contributed by atoms with Crippen molar-refractivity contribution >= 4 is 39.2 Å². The van der Waals surface area contributed by atoms with Crippen LogP contribution in [0.1, 0.15) is 27.2 Å². The number of benzene rings is 1. The lowest BCUT2D eigenvalue weighted by atomic mass is 10.1. The van der Waals surface area contributed by atoms with Gasteiger partial charge in [-0.3, -0.25) is 9.59 Å². The lowest BCUT2D eigenvalue weighted by Crippen LogP contribution is -2.41. The number of nitrogens with one attached hydrogen (secondary N) is 2. The summed E-state index contributed by atoms with van der Waals surface area (Å²) in [6.07, 6.45) is 0.0356. The number of carbonyl (C=O) groups excluding carboxylic acids is 1. The number of sulfonamides is 1. The van der Waals surface area contributed by atoms with Crippen molar-refractivity contribution in [2.75, 3.05) is 5.32 Å². The van der Waals surface area contributed by atoms with Gasteiger partial charge in [0.1, 0.15) is 16.8 Å². The molecule has 1 aromatic carbocycles. The van der Waals surface area contributed by atoms with Gasteiger partial charge in [0.25, 0.3) is 0 Å².